The van der Waals surface area contributed by atoms with Gasteiger partial charge in [0.05, 0.1) is 6.61 Å². The van der Waals surface area contributed by atoms with E-state index in [0.29, 0.717) is 19.4 Å². The summed E-state index contributed by atoms with van der Waals surface area (Å²) in [5, 5.41) is 2.88. The van der Waals surface area contributed by atoms with Crippen molar-refractivity contribution >= 4 is 29.0 Å². The third kappa shape index (κ3) is 5.51. The molecule has 1 atom stereocenters. The number of benzene rings is 1. The molecule has 0 saturated carbocycles. The second kappa shape index (κ2) is 10.5. The average molecular weight is 458 g/mol. The van der Waals surface area contributed by atoms with Crippen molar-refractivity contribution < 1.29 is 14.3 Å². The first-order valence-corrected chi connectivity index (χ1v) is 11.0. The number of methoxy groups -OCH3 is 1. The van der Waals surface area contributed by atoms with E-state index < -0.39 is 11.2 Å². The minimum Gasteiger partial charge on any atom is -0.383 e. The van der Waals surface area contributed by atoms with Crippen LogP contribution in [0.2, 0.25) is 0 Å². The van der Waals surface area contributed by atoms with Crippen LogP contribution in [0.1, 0.15) is 32.3 Å². The third-order valence-corrected chi connectivity index (χ3v) is 5.67. The van der Waals surface area contributed by atoms with Gasteiger partial charge < -0.3 is 20.7 Å². The van der Waals surface area contributed by atoms with Crippen molar-refractivity contribution in [1.29, 1.82) is 0 Å². The normalized spacial score (nSPS) is 15.3. The van der Waals surface area contributed by atoms with Crippen LogP contribution in [0.15, 0.2) is 33.9 Å². The molecule has 1 aliphatic rings. The molecule has 4 N–H and O–H groups in total. The first kappa shape index (κ1) is 24.2. The molecular formula is C23H31N5O5. The number of amides is 2. The number of hydrogen-bond acceptors (Lipinski definition) is 6. The number of rotatable bonds is 9. The molecule has 2 aromatic rings. The molecule has 0 saturated heterocycles. The highest BCUT2D eigenvalue weighted by molar-refractivity contribution is 5.98. The van der Waals surface area contributed by atoms with Crippen LogP contribution in [0.5, 0.6) is 0 Å². The molecule has 178 valence electrons. The molecule has 1 unspecified atom stereocenters. The van der Waals surface area contributed by atoms with Crippen molar-refractivity contribution in [3.8, 4) is 0 Å². The number of H-pyrrole nitrogens is 1. The molecule has 1 aliphatic heterocycles. The van der Waals surface area contributed by atoms with Crippen molar-refractivity contribution in [3.63, 3.8) is 0 Å². The number of carbonyl (C=O) groups excluding carboxylic acids is 2. The Kier molecular flexibility index (Phi) is 7.70. The number of nitrogens with one attached hydrogen (secondary N) is 2. The van der Waals surface area contributed by atoms with E-state index in [1.54, 1.807) is 0 Å². The summed E-state index contributed by atoms with van der Waals surface area (Å²) in [5.74, 6) is -0.831. The SMILES string of the molecule is COCCN(C(=O)CCC1Cc2ccccc2NC1=O)c1c(N)n(CC(C)C)c(=O)[nH]c1=O. The van der Waals surface area contributed by atoms with Gasteiger partial charge in [-0.05, 0) is 30.4 Å². The highest BCUT2D eigenvalue weighted by atomic mass is 16.5. The van der Waals surface area contributed by atoms with Crippen molar-refractivity contribution in [2.24, 2.45) is 11.8 Å². The lowest BCUT2D eigenvalue weighted by molar-refractivity contribution is -0.121. The topological polar surface area (TPSA) is 140 Å². The maximum Gasteiger partial charge on any atom is 0.330 e. The monoisotopic (exact) mass is 457 g/mol. The Bertz CT molecular complexity index is 1140. The number of ether oxygens (including phenoxy) is 1. The molecule has 10 nitrogen and oxygen atoms in total. The number of nitrogens with two attached hydrogens (primary N) is 1. The van der Waals surface area contributed by atoms with E-state index in [2.05, 4.69) is 10.3 Å². The number of hydrogen-bond donors (Lipinski definition) is 3. The smallest absolute Gasteiger partial charge is 0.330 e. The second-order valence-electron chi connectivity index (χ2n) is 8.62. The minimum absolute atomic E-state index is 0.0339. The van der Waals surface area contributed by atoms with Crippen molar-refractivity contribution in [1.82, 2.24) is 9.55 Å². The van der Waals surface area contributed by atoms with Crippen LogP contribution in [0, 0.1) is 11.8 Å². The Morgan fingerprint density at radius 1 is 1.27 bits per heavy atom. The fourth-order valence-electron chi connectivity index (χ4n) is 4.01. The van der Waals surface area contributed by atoms with Gasteiger partial charge in [-0.1, -0.05) is 32.0 Å². The largest absolute Gasteiger partial charge is 0.383 e. The quantitative estimate of drug-likeness (QED) is 0.519. The Balaban J connectivity index is 1.83. The summed E-state index contributed by atoms with van der Waals surface area (Å²) in [6.07, 6.45) is 0.882. The van der Waals surface area contributed by atoms with E-state index >= 15 is 0 Å². The second-order valence-corrected chi connectivity index (χ2v) is 8.62. The summed E-state index contributed by atoms with van der Waals surface area (Å²) >= 11 is 0. The Morgan fingerprint density at radius 2 is 2.00 bits per heavy atom. The van der Waals surface area contributed by atoms with Crippen molar-refractivity contribution in [3.05, 3.63) is 50.7 Å². The molecule has 33 heavy (non-hydrogen) atoms. The van der Waals surface area contributed by atoms with Crippen LogP contribution in [0.4, 0.5) is 17.2 Å². The molecule has 0 radical (unpaired) electrons. The predicted octanol–water partition coefficient (Wildman–Crippen LogP) is 1.35. The zero-order chi connectivity index (χ0) is 24.1. The Hall–Kier alpha value is -3.40. The van der Waals surface area contributed by atoms with E-state index in [9.17, 15) is 19.2 Å². The summed E-state index contributed by atoms with van der Waals surface area (Å²) in [6.45, 7) is 4.38. The minimum atomic E-state index is -0.730. The lowest BCUT2D eigenvalue weighted by Crippen LogP contribution is -2.43. The fourth-order valence-corrected chi connectivity index (χ4v) is 4.01. The lowest BCUT2D eigenvalue weighted by atomic mass is 9.89. The number of nitrogen functional groups attached to an aromatic ring is 1. The van der Waals surface area contributed by atoms with Gasteiger partial charge in [-0.15, -0.1) is 0 Å². The fraction of sp³-hybridized carbons (Fsp3) is 0.478. The number of para-hydroxylation sites is 1. The molecule has 2 heterocycles. The predicted molar refractivity (Wildman–Crippen MR) is 126 cm³/mol. The number of fused-ring (bicyclic) bond motifs is 1. The van der Waals surface area contributed by atoms with E-state index in [-0.39, 0.29) is 54.7 Å². The number of aromatic amines is 1. The number of anilines is 3. The standard InChI is InChI=1S/C23H31N5O5/c1-14(2)13-28-20(24)19(22(31)26-23(28)32)27(10-11-33-3)18(29)9-8-16-12-15-6-4-5-7-17(15)25-21(16)30/h4-7,14,16H,8-13,24H2,1-3H3,(H,25,30)(H,26,31,32). The van der Waals surface area contributed by atoms with Gasteiger partial charge in [-0.2, -0.15) is 0 Å². The van der Waals surface area contributed by atoms with Crippen LogP contribution < -0.4 is 27.2 Å². The molecule has 1 aromatic heterocycles. The summed E-state index contributed by atoms with van der Waals surface area (Å²) in [4.78, 5) is 54.2. The number of nitrogens with zero attached hydrogens (tertiary/aromatic N) is 2. The van der Waals surface area contributed by atoms with E-state index in [1.165, 1.54) is 16.6 Å². The zero-order valence-corrected chi connectivity index (χ0v) is 19.2. The highest BCUT2D eigenvalue weighted by Crippen LogP contribution is 2.28. The molecule has 0 fully saturated rings. The molecule has 3 rings (SSSR count). The summed E-state index contributed by atoms with van der Waals surface area (Å²) < 4.78 is 6.38. The summed E-state index contributed by atoms with van der Waals surface area (Å²) in [7, 11) is 1.49. The van der Waals surface area contributed by atoms with Gasteiger partial charge in [-0.3, -0.25) is 23.9 Å². The van der Waals surface area contributed by atoms with E-state index in [1.807, 2.05) is 38.1 Å². The number of carbonyl (C=O) groups is 2. The average Bonchev–Trinajstić information content (AvgIpc) is 2.76. The molecule has 0 aliphatic carbocycles. The first-order valence-electron chi connectivity index (χ1n) is 11.0. The maximum atomic E-state index is 13.2. The molecule has 10 heteroatoms. The zero-order valence-electron chi connectivity index (χ0n) is 19.2. The summed E-state index contributed by atoms with van der Waals surface area (Å²) in [5.41, 5.74) is 6.59. The van der Waals surface area contributed by atoms with Gasteiger partial charge in [-0.25, -0.2) is 4.79 Å². The first-order chi connectivity index (χ1) is 15.7. The lowest BCUT2D eigenvalue weighted by Gasteiger charge is -2.27. The van der Waals surface area contributed by atoms with Gasteiger partial charge in [0.25, 0.3) is 5.56 Å². The van der Waals surface area contributed by atoms with Gasteiger partial charge in [0, 0.05) is 38.2 Å². The van der Waals surface area contributed by atoms with E-state index in [4.69, 9.17) is 10.5 Å². The molecule has 1 aromatic carbocycles. The molecule has 0 spiro atoms. The van der Waals surface area contributed by atoms with Crippen LogP contribution in [-0.4, -0.2) is 41.6 Å². The summed E-state index contributed by atoms with van der Waals surface area (Å²) in [6, 6.07) is 7.57. The van der Waals surface area contributed by atoms with Crippen LogP contribution >= 0.6 is 0 Å². The van der Waals surface area contributed by atoms with Crippen LogP contribution in [0.3, 0.4) is 0 Å². The van der Waals surface area contributed by atoms with Gasteiger partial charge >= 0.3 is 5.69 Å². The van der Waals surface area contributed by atoms with Gasteiger partial charge in [0.1, 0.15) is 5.82 Å². The van der Waals surface area contributed by atoms with Gasteiger partial charge in [0.15, 0.2) is 5.69 Å². The Morgan fingerprint density at radius 3 is 2.70 bits per heavy atom. The van der Waals surface area contributed by atoms with Crippen molar-refractivity contribution in [2.45, 2.75) is 39.7 Å². The van der Waals surface area contributed by atoms with Crippen LogP contribution in [-0.2, 0) is 27.3 Å². The van der Waals surface area contributed by atoms with Crippen molar-refractivity contribution in [2.75, 3.05) is 36.2 Å². The van der Waals surface area contributed by atoms with Crippen LogP contribution in [0.25, 0.3) is 0 Å². The molecule has 0 bridgehead atoms. The number of aromatic nitrogens is 2. The maximum absolute atomic E-state index is 13.2. The molecular weight excluding hydrogens is 426 g/mol. The highest BCUT2D eigenvalue weighted by Gasteiger charge is 2.29. The van der Waals surface area contributed by atoms with Gasteiger partial charge in [0.2, 0.25) is 11.8 Å². The third-order valence-electron chi connectivity index (χ3n) is 5.67. The Labute approximate surface area is 191 Å². The van der Waals surface area contributed by atoms with E-state index in [0.717, 1.165) is 11.3 Å². The molecule has 2 amide bonds.